The van der Waals surface area contributed by atoms with Gasteiger partial charge in [0.15, 0.2) is 0 Å². The van der Waals surface area contributed by atoms with Crippen LogP contribution in [0.4, 0.5) is 0 Å². The van der Waals surface area contributed by atoms with Crippen LogP contribution in [0.1, 0.15) is 41.5 Å². The molecule has 1 unspecified atom stereocenters. The first kappa shape index (κ1) is 15.9. The minimum Gasteiger partial charge on any atom is -0.113 e. The Morgan fingerprint density at radius 3 is 2.35 bits per heavy atom. The summed E-state index contributed by atoms with van der Waals surface area (Å²) in [6, 6.07) is 12.4. The summed E-state index contributed by atoms with van der Waals surface area (Å²) >= 11 is 16.3. The van der Waals surface area contributed by atoms with E-state index in [0.717, 1.165) is 22.9 Å². The van der Waals surface area contributed by atoms with Gasteiger partial charge in [-0.3, -0.25) is 0 Å². The molecule has 20 heavy (non-hydrogen) atoms. The maximum absolute atomic E-state index is 6.73. The minimum atomic E-state index is -0.164. The average Bonchev–Trinajstić information content (AvgIpc) is 2.46. The quantitative estimate of drug-likeness (QED) is 0.534. The highest BCUT2D eigenvalue weighted by atomic mass is 79.9. The van der Waals surface area contributed by atoms with E-state index < -0.39 is 0 Å². The fourth-order valence-electron chi connectivity index (χ4n) is 2.30. The van der Waals surface area contributed by atoms with Gasteiger partial charge in [0.2, 0.25) is 0 Å². The Morgan fingerprint density at radius 2 is 1.75 bits per heavy atom. The van der Waals surface area contributed by atoms with Crippen LogP contribution in [0, 0.1) is 0 Å². The van der Waals surface area contributed by atoms with Crippen molar-refractivity contribution in [2.45, 2.75) is 32.1 Å². The van der Waals surface area contributed by atoms with Gasteiger partial charge in [0, 0.05) is 9.50 Å². The summed E-state index contributed by atoms with van der Waals surface area (Å²) < 4.78 is 0.953. The molecular weight excluding hydrogens is 355 g/mol. The maximum atomic E-state index is 6.73. The smallest absolute Gasteiger partial charge is 0.0849 e. The largest absolute Gasteiger partial charge is 0.113 e. The Balaban J connectivity index is 2.48. The van der Waals surface area contributed by atoms with Gasteiger partial charge in [0.1, 0.15) is 0 Å². The van der Waals surface area contributed by atoms with Gasteiger partial charge in [-0.2, -0.15) is 0 Å². The maximum Gasteiger partial charge on any atom is 0.0849 e. The van der Waals surface area contributed by atoms with Crippen molar-refractivity contribution >= 4 is 39.1 Å². The summed E-state index contributed by atoms with van der Waals surface area (Å²) in [6.45, 7) is 4.32. The van der Waals surface area contributed by atoms with Crippen LogP contribution in [0.5, 0.6) is 0 Å². The van der Waals surface area contributed by atoms with Gasteiger partial charge < -0.3 is 0 Å². The van der Waals surface area contributed by atoms with Crippen LogP contribution < -0.4 is 0 Å². The molecule has 0 saturated carbocycles. The molecule has 0 radical (unpaired) electrons. The van der Waals surface area contributed by atoms with Crippen molar-refractivity contribution in [3.8, 4) is 0 Å². The lowest BCUT2D eigenvalue weighted by atomic mass is 9.95. The second kappa shape index (κ2) is 6.98. The van der Waals surface area contributed by atoms with Crippen molar-refractivity contribution in [1.29, 1.82) is 0 Å². The van der Waals surface area contributed by atoms with Crippen molar-refractivity contribution in [3.05, 3.63) is 68.1 Å². The first-order chi connectivity index (χ1) is 9.56. The molecule has 0 aliphatic rings. The first-order valence-electron chi connectivity index (χ1n) is 6.77. The van der Waals surface area contributed by atoms with Crippen molar-refractivity contribution in [3.63, 3.8) is 0 Å². The Bertz CT molecular complexity index is 608. The Kier molecular flexibility index (Phi) is 5.54. The lowest BCUT2D eigenvalue weighted by Crippen LogP contribution is -2.01. The van der Waals surface area contributed by atoms with E-state index in [4.69, 9.17) is 23.2 Å². The number of hydrogen-bond donors (Lipinski definition) is 0. The van der Waals surface area contributed by atoms with Gasteiger partial charge >= 0.3 is 0 Å². The molecule has 106 valence electrons. The minimum absolute atomic E-state index is 0.164. The molecule has 0 aliphatic carbocycles. The zero-order valence-corrected chi connectivity index (χ0v) is 14.7. The lowest BCUT2D eigenvalue weighted by Gasteiger charge is -2.17. The van der Waals surface area contributed by atoms with Crippen LogP contribution in [0.2, 0.25) is 5.02 Å². The predicted octanol–water partition coefficient (Wildman–Crippen LogP) is 6.56. The van der Waals surface area contributed by atoms with Crippen molar-refractivity contribution in [2.24, 2.45) is 0 Å². The van der Waals surface area contributed by atoms with Crippen molar-refractivity contribution in [2.75, 3.05) is 0 Å². The van der Waals surface area contributed by atoms with Crippen molar-refractivity contribution in [1.82, 2.24) is 0 Å². The average molecular weight is 372 g/mol. The highest BCUT2D eigenvalue weighted by Gasteiger charge is 2.17. The van der Waals surface area contributed by atoms with E-state index in [1.54, 1.807) is 0 Å². The predicted molar refractivity (Wildman–Crippen MR) is 92.0 cm³/mol. The lowest BCUT2D eigenvalue weighted by molar-refractivity contribution is 1.01. The molecule has 0 fully saturated rings. The molecule has 0 nitrogen and oxygen atoms in total. The summed E-state index contributed by atoms with van der Waals surface area (Å²) in [6.07, 6.45) is 2.00. The molecule has 0 N–H and O–H groups in total. The molecule has 0 saturated heterocycles. The molecule has 1 atom stereocenters. The van der Waals surface area contributed by atoms with E-state index >= 15 is 0 Å². The van der Waals surface area contributed by atoms with Crippen LogP contribution >= 0.6 is 39.1 Å². The summed E-state index contributed by atoms with van der Waals surface area (Å²) in [5, 5.41) is 0.547. The first-order valence-corrected chi connectivity index (χ1v) is 8.38. The fourth-order valence-corrected chi connectivity index (χ4v) is 3.73. The Labute approximate surface area is 139 Å². The van der Waals surface area contributed by atoms with Crippen LogP contribution in [0.3, 0.4) is 0 Å². The fraction of sp³-hybridized carbons (Fsp3) is 0.294. The van der Waals surface area contributed by atoms with Gasteiger partial charge in [0.05, 0.1) is 5.38 Å². The molecule has 2 aromatic rings. The standard InChI is InChI=1S/C17H17BrCl2/c1-3-11-5-6-12(4-2)15(9-11)17(20)14-8-7-13(19)10-16(14)18/h5-10,17H,3-4H2,1-2H3. The van der Waals surface area contributed by atoms with Crippen molar-refractivity contribution < 1.29 is 0 Å². The van der Waals surface area contributed by atoms with Gasteiger partial charge in [-0.1, -0.05) is 65.6 Å². The van der Waals surface area contributed by atoms with Gasteiger partial charge in [0.25, 0.3) is 0 Å². The third kappa shape index (κ3) is 3.39. The molecule has 0 bridgehead atoms. The van der Waals surface area contributed by atoms with Crippen LogP contribution in [-0.4, -0.2) is 0 Å². The molecule has 0 aromatic heterocycles. The molecule has 0 amide bonds. The van der Waals surface area contributed by atoms with Gasteiger partial charge in [-0.15, -0.1) is 11.6 Å². The molecular formula is C17H17BrCl2. The third-order valence-electron chi connectivity index (χ3n) is 3.51. The number of rotatable bonds is 4. The second-order valence-electron chi connectivity index (χ2n) is 4.77. The monoisotopic (exact) mass is 370 g/mol. The molecule has 2 aromatic carbocycles. The van der Waals surface area contributed by atoms with E-state index in [0.29, 0.717) is 5.02 Å². The van der Waals surface area contributed by atoms with E-state index in [2.05, 4.69) is 48.0 Å². The summed E-state index contributed by atoms with van der Waals surface area (Å²) in [5.74, 6) is 0. The number of aryl methyl sites for hydroxylation is 2. The number of alkyl halides is 1. The van der Waals surface area contributed by atoms with E-state index in [1.807, 2.05) is 18.2 Å². The highest BCUT2D eigenvalue weighted by Crippen LogP contribution is 2.37. The van der Waals surface area contributed by atoms with Gasteiger partial charge in [-0.05, 0) is 47.2 Å². The summed E-state index contributed by atoms with van der Waals surface area (Å²) in [4.78, 5) is 0. The topological polar surface area (TPSA) is 0 Å². The molecule has 0 spiro atoms. The van der Waals surface area contributed by atoms with E-state index in [9.17, 15) is 0 Å². The summed E-state index contributed by atoms with van der Waals surface area (Å²) in [7, 11) is 0. The van der Waals surface area contributed by atoms with Crippen LogP contribution in [0.15, 0.2) is 40.9 Å². The number of benzene rings is 2. The van der Waals surface area contributed by atoms with Crippen LogP contribution in [0.25, 0.3) is 0 Å². The Hall–Kier alpha value is -0.500. The third-order valence-corrected chi connectivity index (χ3v) is 4.90. The van der Waals surface area contributed by atoms with E-state index in [-0.39, 0.29) is 5.38 Å². The second-order valence-corrected chi connectivity index (χ2v) is 6.50. The number of halogens is 3. The molecule has 3 heteroatoms. The zero-order chi connectivity index (χ0) is 14.7. The zero-order valence-electron chi connectivity index (χ0n) is 11.6. The Morgan fingerprint density at radius 1 is 1.00 bits per heavy atom. The normalized spacial score (nSPS) is 12.4. The van der Waals surface area contributed by atoms with Gasteiger partial charge in [-0.25, -0.2) is 0 Å². The van der Waals surface area contributed by atoms with Crippen LogP contribution in [-0.2, 0) is 12.8 Å². The molecule has 0 heterocycles. The summed E-state index contributed by atoms with van der Waals surface area (Å²) in [5.41, 5.74) is 4.85. The van der Waals surface area contributed by atoms with E-state index in [1.165, 1.54) is 16.7 Å². The SMILES string of the molecule is CCc1ccc(CC)c(C(Cl)c2ccc(Cl)cc2Br)c1. The molecule has 2 rings (SSSR count). The molecule has 0 aliphatic heterocycles. The highest BCUT2D eigenvalue weighted by molar-refractivity contribution is 9.10. The number of hydrogen-bond acceptors (Lipinski definition) is 0.